The third kappa shape index (κ3) is 3.49. The summed E-state index contributed by atoms with van der Waals surface area (Å²) >= 11 is 1.42. The van der Waals surface area contributed by atoms with E-state index in [0.29, 0.717) is 6.54 Å². The molecule has 0 aliphatic carbocycles. The lowest BCUT2D eigenvalue weighted by Crippen LogP contribution is -2.16. The molecule has 0 fully saturated rings. The fraction of sp³-hybridized carbons (Fsp3) is 0.353. The molecule has 0 atom stereocenters. The van der Waals surface area contributed by atoms with Crippen LogP contribution in [0.5, 0.6) is 0 Å². The van der Waals surface area contributed by atoms with Gasteiger partial charge < -0.3 is 10.6 Å². The zero-order valence-electron chi connectivity index (χ0n) is 14.0. The predicted octanol–water partition coefficient (Wildman–Crippen LogP) is 2.00. The molecule has 8 heteroatoms. The minimum absolute atomic E-state index is 0.673. The summed E-state index contributed by atoms with van der Waals surface area (Å²) in [5.74, 6) is 1.62. The number of aryl methyl sites for hydroxylation is 1. The lowest BCUT2D eigenvalue weighted by molar-refractivity contribution is 0.708. The van der Waals surface area contributed by atoms with Crippen molar-refractivity contribution in [2.75, 3.05) is 18.4 Å². The quantitative estimate of drug-likeness (QED) is 0.741. The van der Waals surface area contributed by atoms with Crippen LogP contribution in [-0.4, -0.2) is 37.6 Å². The summed E-state index contributed by atoms with van der Waals surface area (Å²) in [5, 5.41) is 11.0. The molecule has 0 saturated heterocycles. The van der Waals surface area contributed by atoms with Gasteiger partial charge in [-0.1, -0.05) is 4.49 Å². The van der Waals surface area contributed by atoms with Gasteiger partial charge in [-0.25, -0.2) is 9.97 Å². The Kier molecular flexibility index (Phi) is 4.62. The van der Waals surface area contributed by atoms with Gasteiger partial charge in [0.15, 0.2) is 5.82 Å². The Morgan fingerprint density at radius 2 is 2.16 bits per heavy atom. The summed E-state index contributed by atoms with van der Waals surface area (Å²) in [6.07, 6.45) is 5.39. The Morgan fingerprint density at radius 1 is 1.24 bits per heavy atom. The van der Waals surface area contributed by atoms with Crippen molar-refractivity contribution in [3.8, 4) is 11.4 Å². The minimum atomic E-state index is 0.673. The summed E-state index contributed by atoms with van der Waals surface area (Å²) < 4.78 is 4.00. The SMILES string of the molecule is Cc1nnsc1CNc1nc(-c2cccnc2)nc2c1CCNCC2. The average Bonchev–Trinajstić information content (AvgIpc) is 2.91. The second-order valence-electron chi connectivity index (χ2n) is 5.95. The molecule has 4 rings (SSSR count). The first-order valence-electron chi connectivity index (χ1n) is 8.34. The zero-order chi connectivity index (χ0) is 17.1. The predicted molar refractivity (Wildman–Crippen MR) is 97.5 cm³/mol. The van der Waals surface area contributed by atoms with Crippen molar-refractivity contribution >= 4 is 17.4 Å². The van der Waals surface area contributed by atoms with E-state index >= 15 is 0 Å². The molecule has 0 saturated carbocycles. The number of nitrogens with one attached hydrogen (secondary N) is 2. The van der Waals surface area contributed by atoms with Gasteiger partial charge in [-0.15, -0.1) is 5.10 Å². The number of hydrogen-bond acceptors (Lipinski definition) is 8. The molecular formula is C17H19N7S. The molecule has 25 heavy (non-hydrogen) atoms. The fourth-order valence-corrected chi connectivity index (χ4v) is 3.46. The molecule has 1 aliphatic heterocycles. The van der Waals surface area contributed by atoms with Crippen LogP contribution in [0.15, 0.2) is 24.5 Å². The lowest BCUT2D eigenvalue weighted by atomic mass is 10.1. The topological polar surface area (TPSA) is 88.5 Å². The van der Waals surface area contributed by atoms with Crippen molar-refractivity contribution in [3.63, 3.8) is 0 Å². The molecule has 0 spiro atoms. The second kappa shape index (κ2) is 7.20. The van der Waals surface area contributed by atoms with E-state index in [2.05, 4.69) is 25.2 Å². The third-order valence-electron chi connectivity index (χ3n) is 4.26. The Labute approximate surface area is 150 Å². The average molecular weight is 353 g/mol. The number of hydrogen-bond donors (Lipinski definition) is 2. The van der Waals surface area contributed by atoms with Crippen LogP contribution in [0.3, 0.4) is 0 Å². The monoisotopic (exact) mass is 353 g/mol. The summed E-state index contributed by atoms with van der Waals surface area (Å²) in [5.41, 5.74) is 4.21. The molecule has 2 N–H and O–H groups in total. The van der Waals surface area contributed by atoms with Crippen molar-refractivity contribution in [2.45, 2.75) is 26.3 Å². The fourth-order valence-electron chi connectivity index (χ4n) is 2.89. The molecule has 3 aromatic heterocycles. The van der Waals surface area contributed by atoms with Crippen LogP contribution in [0.4, 0.5) is 5.82 Å². The first kappa shape index (κ1) is 16.0. The van der Waals surface area contributed by atoms with Crippen LogP contribution in [0, 0.1) is 6.92 Å². The third-order valence-corrected chi connectivity index (χ3v) is 5.09. The van der Waals surface area contributed by atoms with Gasteiger partial charge in [-0.2, -0.15) is 0 Å². The van der Waals surface area contributed by atoms with Crippen LogP contribution >= 0.6 is 11.5 Å². The maximum absolute atomic E-state index is 4.81. The molecule has 0 unspecified atom stereocenters. The second-order valence-corrected chi connectivity index (χ2v) is 6.79. The molecule has 7 nitrogen and oxygen atoms in total. The van der Waals surface area contributed by atoms with E-state index in [1.165, 1.54) is 17.1 Å². The van der Waals surface area contributed by atoms with Crippen molar-refractivity contribution in [1.82, 2.24) is 29.9 Å². The highest BCUT2D eigenvalue weighted by molar-refractivity contribution is 7.05. The van der Waals surface area contributed by atoms with E-state index in [1.54, 1.807) is 12.4 Å². The normalized spacial score (nSPS) is 14.0. The van der Waals surface area contributed by atoms with Crippen LogP contribution in [0.2, 0.25) is 0 Å². The van der Waals surface area contributed by atoms with Crippen LogP contribution in [0.1, 0.15) is 21.8 Å². The Morgan fingerprint density at radius 3 is 2.96 bits per heavy atom. The summed E-state index contributed by atoms with van der Waals surface area (Å²) in [6.45, 7) is 4.53. The van der Waals surface area contributed by atoms with E-state index in [0.717, 1.165) is 59.4 Å². The van der Waals surface area contributed by atoms with Gasteiger partial charge in [0.05, 0.1) is 22.8 Å². The molecule has 128 valence electrons. The van der Waals surface area contributed by atoms with Crippen molar-refractivity contribution in [1.29, 1.82) is 0 Å². The highest BCUT2D eigenvalue weighted by Gasteiger charge is 2.18. The first-order valence-corrected chi connectivity index (χ1v) is 9.11. The van der Waals surface area contributed by atoms with Gasteiger partial charge in [0.1, 0.15) is 5.82 Å². The van der Waals surface area contributed by atoms with E-state index in [4.69, 9.17) is 9.97 Å². The molecule has 3 aromatic rings. The Bertz CT molecular complexity index is 863. The van der Waals surface area contributed by atoms with Crippen LogP contribution in [-0.2, 0) is 19.4 Å². The largest absolute Gasteiger partial charge is 0.365 e. The highest BCUT2D eigenvalue weighted by Crippen LogP contribution is 2.25. The van der Waals surface area contributed by atoms with Gasteiger partial charge >= 0.3 is 0 Å². The zero-order valence-corrected chi connectivity index (χ0v) is 14.8. The first-order chi connectivity index (χ1) is 12.3. The highest BCUT2D eigenvalue weighted by atomic mass is 32.1. The van der Waals surface area contributed by atoms with Gasteiger partial charge in [-0.05, 0) is 43.6 Å². The van der Waals surface area contributed by atoms with Gasteiger partial charge in [0, 0.05) is 36.5 Å². The maximum Gasteiger partial charge on any atom is 0.163 e. The van der Waals surface area contributed by atoms with E-state index in [-0.39, 0.29) is 0 Å². The molecular weight excluding hydrogens is 334 g/mol. The Balaban J connectivity index is 1.71. The van der Waals surface area contributed by atoms with Crippen molar-refractivity contribution < 1.29 is 0 Å². The Hall–Kier alpha value is -2.45. The van der Waals surface area contributed by atoms with E-state index in [9.17, 15) is 0 Å². The number of anilines is 1. The number of aromatic nitrogens is 5. The standard InChI is InChI=1S/C17H19N7S/c1-11-15(25-24-23-11)10-20-17-13-4-7-18-8-5-14(13)21-16(22-17)12-3-2-6-19-9-12/h2-3,6,9,18H,4-5,7-8,10H2,1H3,(H,20,21,22). The lowest BCUT2D eigenvalue weighted by Gasteiger charge is -2.14. The molecule has 4 heterocycles. The summed E-state index contributed by atoms with van der Waals surface area (Å²) in [6, 6.07) is 3.90. The number of pyridine rings is 1. The van der Waals surface area contributed by atoms with E-state index in [1.807, 2.05) is 19.1 Å². The van der Waals surface area contributed by atoms with Gasteiger partial charge in [-0.3, -0.25) is 4.98 Å². The van der Waals surface area contributed by atoms with Crippen molar-refractivity contribution in [3.05, 3.63) is 46.4 Å². The van der Waals surface area contributed by atoms with Crippen molar-refractivity contribution in [2.24, 2.45) is 0 Å². The molecule has 0 radical (unpaired) electrons. The van der Waals surface area contributed by atoms with Gasteiger partial charge in [0.2, 0.25) is 0 Å². The minimum Gasteiger partial charge on any atom is -0.365 e. The number of nitrogens with zero attached hydrogens (tertiary/aromatic N) is 5. The number of rotatable bonds is 4. The molecule has 1 aliphatic rings. The summed E-state index contributed by atoms with van der Waals surface area (Å²) in [4.78, 5) is 14.9. The van der Waals surface area contributed by atoms with E-state index < -0.39 is 0 Å². The molecule has 0 amide bonds. The number of fused-ring (bicyclic) bond motifs is 1. The van der Waals surface area contributed by atoms with Crippen LogP contribution < -0.4 is 10.6 Å². The van der Waals surface area contributed by atoms with Gasteiger partial charge in [0.25, 0.3) is 0 Å². The van der Waals surface area contributed by atoms with Crippen LogP contribution in [0.25, 0.3) is 11.4 Å². The summed E-state index contributed by atoms with van der Waals surface area (Å²) in [7, 11) is 0. The molecule has 0 aromatic carbocycles. The maximum atomic E-state index is 4.81. The molecule has 0 bridgehead atoms. The smallest absolute Gasteiger partial charge is 0.163 e.